The third-order valence-electron chi connectivity index (χ3n) is 5.43. The molecule has 1 aliphatic heterocycles. The zero-order valence-corrected chi connectivity index (χ0v) is 16.2. The molecule has 3 rings (SSSR count). The molecule has 0 spiro atoms. The van der Waals surface area contributed by atoms with Gasteiger partial charge in [-0.15, -0.1) is 11.3 Å². The van der Waals surface area contributed by atoms with Crippen LogP contribution < -0.4 is 0 Å². The first-order chi connectivity index (χ1) is 12.1. The molecule has 1 fully saturated rings. The van der Waals surface area contributed by atoms with Crippen LogP contribution in [0, 0.1) is 0 Å². The molecule has 0 aromatic carbocycles. The molecule has 1 saturated heterocycles. The SMILES string of the molecule is CCN(CC)C(=O)CN1CCN(C(=O)c2csc3c2CCCC3)CC1. The second-order valence-electron chi connectivity index (χ2n) is 6.89. The highest BCUT2D eigenvalue weighted by Crippen LogP contribution is 2.31. The molecule has 0 N–H and O–H groups in total. The Labute approximate surface area is 154 Å². The van der Waals surface area contributed by atoms with Crippen LogP contribution in [0.15, 0.2) is 5.38 Å². The van der Waals surface area contributed by atoms with Crippen LogP contribution in [-0.4, -0.2) is 72.3 Å². The number of rotatable bonds is 5. The minimum Gasteiger partial charge on any atom is -0.342 e. The lowest BCUT2D eigenvalue weighted by molar-refractivity contribution is -0.132. The van der Waals surface area contributed by atoms with Gasteiger partial charge >= 0.3 is 0 Å². The fourth-order valence-corrected chi connectivity index (χ4v) is 4.94. The van der Waals surface area contributed by atoms with Crippen molar-refractivity contribution < 1.29 is 9.59 Å². The summed E-state index contributed by atoms with van der Waals surface area (Å²) in [6.45, 7) is 9.02. The van der Waals surface area contributed by atoms with Crippen LogP contribution in [0.5, 0.6) is 0 Å². The lowest BCUT2D eigenvalue weighted by atomic mass is 9.95. The Morgan fingerprint density at radius 1 is 1.08 bits per heavy atom. The van der Waals surface area contributed by atoms with Crippen LogP contribution in [0.3, 0.4) is 0 Å². The summed E-state index contributed by atoms with van der Waals surface area (Å²) in [6.07, 6.45) is 4.64. The molecule has 0 atom stereocenters. The van der Waals surface area contributed by atoms with E-state index in [9.17, 15) is 9.59 Å². The maximum atomic E-state index is 12.9. The number of nitrogens with zero attached hydrogens (tertiary/aromatic N) is 3. The number of carbonyl (C=O) groups is 2. The second kappa shape index (κ2) is 8.32. The summed E-state index contributed by atoms with van der Waals surface area (Å²) in [5, 5.41) is 2.06. The quantitative estimate of drug-likeness (QED) is 0.806. The van der Waals surface area contributed by atoms with Gasteiger partial charge in [-0.1, -0.05) is 0 Å². The number of piperazine rings is 1. The predicted octanol–water partition coefficient (Wildman–Crippen LogP) is 2.25. The van der Waals surface area contributed by atoms with E-state index in [0.717, 1.165) is 57.7 Å². The number of fused-ring (bicyclic) bond motifs is 1. The number of amides is 2. The minimum atomic E-state index is 0.189. The van der Waals surface area contributed by atoms with Crippen LogP contribution in [0.25, 0.3) is 0 Å². The van der Waals surface area contributed by atoms with Gasteiger partial charge in [-0.05, 0) is 45.1 Å². The number of carbonyl (C=O) groups excluding carboxylic acids is 2. The molecular formula is C19H29N3O2S. The molecule has 2 heterocycles. The van der Waals surface area contributed by atoms with E-state index in [4.69, 9.17) is 0 Å². The average molecular weight is 364 g/mol. The fraction of sp³-hybridized carbons (Fsp3) is 0.684. The van der Waals surface area contributed by atoms with Crippen molar-refractivity contribution >= 4 is 23.2 Å². The molecule has 1 aromatic heterocycles. The monoisotopic (exact) mass is 363 g/mol. The second-order valence-corrected chi connectivity index (χ2v) is 7.86. The summed E-state index contributed by atoms with van der Waals surface area (Å²) < 4.78 is 0. The van der Waals surface area contributed by atoms with E-state index in [1.165, 1.54) is 23.3 Å². The molecule has 2 aliphatic rings. The van der Waals surface area contributed by atoms with Crippen molar-refractivity contribution in [2.45, 2.75) is 39.5 Å². The Bertz CT molecular complexity index is 616. The molecule has 138 valence electrons. The van der Waals surface area contributed by atoms with Crippen molar-refractivity contribution in [2.75, 3.05) is 45.8 Å². The van der Waals surface area contributed by atoms with E-state index in [1.54, 1.807) is 11.3 Å². The van der Waals surface area contributed by atoms with E-state index in [0.29, 0.717) is 6.54 Å². The molecule has 0 saturated carbocycles. The summed E-state index contributed by atoms with van der Waals surface area (Å²) >= 11 is 1.75. The van der Waals surface area contributed by atoms with Crippen molar-refractivity contribution in [3.63, 3.8) is 0 Å². The lowest BCUT2D eigenvalue weighted by Crippen LogP contribution is -2.51. The summed E-state index contributed by atoms with van der Waals surface area (Å²) in [5.41, 5.74) is 2.24. The topological polar surface area (TPSA) is 43.9 Å². The molecule has 1 aliphatic carbocycles. The Morgan fingerprint density at radius 2 is 1.76 bits per heavy atom. The highest BCUT2D eigenvalue weighted by Gasteiger charge is 2.27. The minimum absolute atomic E-state index is 0.189. The van der Waals surface area contributed by atoms with Gasteiger partial charge in [0.05, 0.1) is 12.1 Å². The smallest absolute Gasteiger partial charge is 0.255 e. The fourth-order valence-electron chi connectivity index (χ4n) is 3.82. The molecule has 0 radical (unpaired) electrons. The van der Waals surface area contributed by atoms with Crippen LogP contribution in [0.4, 0.5) is 0 Å². The Kier molecular flexibility index (Phi) is 6.12. The number of thiophene rings is 1. The summed E-state index contributed by atoms with van der Waals surface area (Å²) in [6, 6.07) is 0. The van der Waals surface area contributed by atoms with E-state index < -0.39 is 0 Å². The zero-order chi connectivity index (χ0) is 17.8. The molecule has 5 nitrogen and oxygen atoms in total. The van der Waals surface area contributed by atoms with Gasteiger partial charge in [0.25, 0.3) is 5.91 Å². The average Bonchev–Trinajstić information content (AvgIpc) is 3.07. The van der Waals surface area contributed by atoms with Crippen LogP contribution in [0.1, 0.15) is 47.5 Å². The van der Waals surface area contributed by atoms with Gasteiger partial charge < -0.3 is 9.80 Å². The van der Waals surface area contributed by atoms with E-state index in [1.807, 2.05) is 23.6 Å². The first-order valence-corrected chi connectivity index (χ1v) is 10.4. The maximum Gasteiger partial charge on any atom is 0.255 e. The first-order valence-electron chi connectivity index (χ1n) is 9.52. The van der Waals surface area contributed by atoms with Crippen molar-refractivity contribution in [1.29, 1.82) is 0 Å². The molecule has 0 unspecified atom stereocenters. The van der Waals surface area contributed by atoms with Crippen LogP contribution in [-0.2, 0) is 17.6 Å². The Balaban J connectivity index is 1.54. The lowest BCUT2D eigenvalue weighted by Gasteiger charge is -2.35. The summed E-state index contributed by atoms with van der Waals surface area (Å²) in [5.74, 6) is 0.380. The third-order valence-corrected chi connectivity index (χ3v) is 6.51. The summed E-state index contributed by atoms with van der Waals surface area (Å²) in [4.78, 5) is 32.6. The third kappa shape index (κ3) is 4.06. The summed E-state index contributed by atoms with van der Waals surface area (Å²) in [7, 11) is 0. The molecule has 6 heteroatoms. The Hall–Kier alpha value is -1.40. The van der Waals surface area contributed by atoms with Gasteiger partial charge in [0.2, 0.25) is 5.91 Å². The first kappa shape index (κ1) is 18.4. The highest BCUT2D eigenvalue weighted by molar-refractivity contribution is 7.10. The van der Waals surface area contributed by atoms with Gasteiger partial charge in [0.15, 0.2) is 0 Å². The molecule has 1 aromatic rings. The van der Waals surface area contributed by atoms with Crippen molar-refractivity contribution in [3.05, 3.63) is 21.4 Å². The highest BCUT2D eigenvalue weighted by atomic mass is 32.1. The van der Waals surface area contributed by atoms with Crippen molar-refractivity contribution in [2.24, 2.45) is 0 Å². The van der Waals surface area contributed by atoms with Crippen LogP contribution in [0.2, 0.25) is 0 Å². The zero-order valence-electron chi connectivity index (χ0n) is 15.4. The predicted molar refractivity (Wildman–Crippen MR) is 101 cm³/mol. The van der Waals surface area contributed by atoms with Gasteiger partial charge in [-0.2, -0.15) is 0 Å². The number of hydrogen-bond donors (Lipinski definition) is 0. The maximum absolute atomic E-state index is 12.9. The van der Waals surface area contributed by atoms with E-state index in [-0.39, 0.29) is 11.8 Å². The van der Waals surface area contributed by atoms with Crippen molar-refractivity contribution in [3.8, 4) is 0 Å². The molecule has 2 amide bonds. The Morgan fingerprint density at radius 3 is 2.44 bits per heavy atom. The van der Waals surface area contributed by atoms with Gasteiger partial charge in [-0.3, -0.25) is 14.5 Å². The number of aryl methyl sites for hydroxylation is 1. The molecule has 0 bridgehead atoms. The van der Waals surface area contributed by atoms with E-state index in [2.05, 4.69) is 10.3 Å². The molecule has 25 heavy (non-hydrogen) atoms. The standard InChI is InChI=1S/C19H29N3O2S/c1-3-21(4-2)18(23)13-20-9-11-22(12-10-20)19(24)16-14-25-17-8-6-5-7-15(16)17/h14H,3-13H2,1-2H3. The van der Waals surface area contributed by atoms with Gasteiger partial charge in [0, 0.05) is 49.5 Å². The largest absolute Gasteiger partial charge is 0.342 e. The van der Waals surface area contributed by atoms with E-state index >= 15 is 0 Å². The molecular weight excluding hydrogens is 334 g/mol. The normalized spacial score (nSPS) is 18.1. The number of hydrogen-bond acceptors (Lipinski definition) is 4. The number of likely N-dealkylation sites (N-methyl/N-ethyl adjacent to an activating group) is 1. The van der Waals surface area contributed by atoms with Gasteiger partial charge in [-0.25, -0.2) is 0 Å². The van der Waals surface area contributed by atoms with Crippen molar-refractivity contribution in [1.82, 2.24) is 14.7 Å². The van der Waals surface area contributed by atoms with Crippen LogP contribution >= 0.6 is 11.3 Å². The van der Waals surface area contributed by atoms with Gasteiger partial charge in [0.1, 0.15) is 0 Å².